The van der Waals surface area contributed by atoms with E-state index >= 15 is 0 Å². The fraction of sp³-hybridized carbons (Fsp3) is 1.00. The summed E-state index contributed by atoms with van der Waals surface area (Å²) >= 11 is 0. The zero-order chi connectivity index (χ0) is 5.54. The Morgan fingerprint density at radius 1 is 1.57 bits per heavy atom. The average molecular weight is 105 g/mol. The second kappa shape index (κ2) is 5.88. The molecule has 7 heavy (non-hydrogen) atoms. The Labute approximate surface area is 42.9 Å². The van der Waals surface area contributed by atoms with E-state index in [-0.39, 0.29) is 20.0 Å². The van der Waals surface area contributed by atoms with Crippen LogP contribution in [-0.2, 0) is 14.6 Å². The van der Waals surface area contributed by atoms with Crippen molar-refractivity contribution in [2.24, 2.45) is 0 Å². The first kappa shape index (κ1) is 6.88. The molecule has 0 aromatic rings. The Kier molecular flexibility index (Phi) is 5.78. The van der Waals surface area contributed by atoms with E-state index in [4.69, 9.17) is 0 Å². The maximum absolute atomic E-state index is 9.62. The van der Waals surface area contributed by atoms with Crippen molar-refractivity contribution in [3.63, 3.8) is 0 Å². The average Bonchev–Trinajstić information content (AvgIpc) is 1.69. The lowest BCUT2D eigenvalue weighted by molar-refractivity contribution is -0.0484. The number of methoxy groups -OCH3 is 1. The normalized spacial score (nSPS) is 9.43. The molecular formula is C4H9O3. The molecule has 3 heteroatoms. The molecule has 0 heterocycles. The highest BCUT2D eigenvalue weighted by molar-refractivity contribution is 4.15. The summed E-state index contributed by atoms with van der Waals surface area (Å²) in [4.78, 5) is 0. The first-order valence-corrected chi connectivity index (χ1v) is 2.06. The number of hydrogen-bond acceptors (Lipinski definition) is 2. The minimum Gasteiger partial charge on any atom is -0.359 e. The van der Waals surface area contributed by atoms with Crippen LogP contribution in [-0.4, -0.2) is 27.1 Å². The standard InChI is InChI=1S/C4H9O3/c1-6-4-7-3-2-5/h2-4H2,1H3. The zero-order valence-corrected chi connectivity index (χ0v) is 4.35. The number of rotatable bonds is 4. The van der Waals surface area contributed by atoms with Crippen molar-refractivity contribution in [2.75, 3.05) is 27.1 Å². The molecule has 0 amide bonds. The summed E-state index contributed by atoms with van der Waals surface area (Å²) in [6, 6.07) is 0. The summed E-state index contributed by atoms with van der Waals surface area (Å²) < 4.78 is 9.08. The molecule has 0 rings (SSSR count). The maximum atomic E-state index is 9.62. The second-order valence-electron chi connectivity index (χ2n) is 1.02. The van der Waals surface area contributed by atoms with Crippen molar-refractivity contribution in [3.8, 4) is 0 Å². The molecule has 0 unspecified atom stereocenters. The van der Waals surface area contributed by atoms with Crippen molar-refractivity contribution >= 4 is 0 Å². The van der Waals surface area contributed by atoms with Gasteiger partial charge >= 0.3 is 0 Å². The van der Waals surface area contributed by atoms with E-state index in [0.29, 0.717) is 0 Å². The lowest BCUT2D eigenvalue weighted by Crippen LogP contribution is -2.00. The minimum atomic E-state index is -0.191. The van der Waals surface area contributed by atoms with Crippen LogP contribution < -0.4 is 0 Å². The molecule has 0 aliphatic rings. The van der Waals surface area contributed by atoms with Gasteiger partial charge in [-0.15, -0.1) is 0 Å². The Morgan fingerprint density at radius 2 is 2.29 bits per heavy atom. The highest BCUT2D eigenvalue weighted by Gasteiger charge is 1.79. The Balaban J connectivity index is 2.45. The molecule has 43 valence electrons. The van der Waals surface area contributed by atoms with Gasteiger partial charge in [-0.2, -0.15) is 0 Å². The van der Waals surface area contributed by atoms with Crippen molar-refractivity contribution in [3.05, 3.63) is 0 Å². The van der Waals surface area contributed by atoms with E-state index < -0.39 is 0 Å². The molecule has 0 atom stereocenters. The van der Waals surface area contributed by atoms with E-state index in [0.717, 1.165) is 0 Å². The van der Waals surface area contributed by atoms with Crippen LogP contribution in [0.4, 0.5) is 0 Å². The Bertz CT molecular complexity index is 26.1. The smallest absolute Gasteiger partial charge is 0.146 e. The fourth-order valence-corrected chi connectivity index (χ4v) is 0.201. The quantitative estimate of drug-likeness (QED) is 0.374. The fourth-order valence-electron chi connectivity index (χ4n) is 0.201. The van der Waals surface area contributed by atoms with Gasteiger partial charge in [0.1, 0.15) is 13.4 Å². The van der Waals surface area contributed by atoms with Crippen LogP contribution in [0.15, 0.2) is 0 Å². The van der Waals surface area contributed by atoms with Gasteiger partial charge in [0.05, 0.1) is 6.61 Å². The van der Waals surface area contributed by atoms with Gasteiger partial charge in [-0.25, -0.2) is 5.11 Å². The topological polar surface area (TPSA) is 38.4 Å². The molecule has 3 nitrogen and oxygen atoms in total. The lowest BCUT2D eigenvalue weighted by Gasteiger charge is -1.95. The molecule has 0 saturated carbocycles. The van der Waals surface area contributed by atoms with Gasteiger partial charge in [0.15, 0.2) is 0 Å². The van der Waals surface area contributed by atoms with E-state index in [1.165, 1.54) is 7.11 Å². The van der Waals surface area contributed by atoms with Crippen molar-refractivity contribution in [1.82, 2.24) is 0 Å². The second-order valence-corrected chi connectivity index (χ2v) is 1.02. The van der Waals surface area contributed by atoms with Crippen LogP contribution in [0.3, 0.4) is 0 Å². The summed E-state index contributed by atoms with van der Waals surface area (Å²) in [5.41, 5.74) is 0. The predicted molar refractivity (Wildman–Crippen MR) is 23.4 cm³/mol. The third kappa shape index (κ3) is 5.88. The molecule has 0 aromatic carbocycles. The Hall–Kier alpha value is -0.120. The molecule has 1 radical (unpaired) electrons. The van der Waals surface area contributed by atoms with Crippen molar-refractivity contribution < 1.29 is 14.6 Å². The van der Waals surface area contributed by atoms with Gasteiger partial charge in [-0.3, -0.25) is 0 Å². The zero-order valence-electron chi connectivity index (χ0n) is 4.35. The van der Waals surface area contributed by atoms with Gasteiger partial charge in [-0.05, 0) is 0 Å². The van der Waals surface area contributed by atoms with Crippen molar-refractivity contribution in [1.29, 1.82) is 0 Å². The van der Waals surface area contributed by atoms with Crippen LogP contribution in [0.5, 0.6) is 0 Å². The highest BCUT2D eigenvalue weighted by atomic mass is 16.7. The summed E-state index contributed by atoms with van der Waals surface area (Å²) in [7, 11) is 1.52. The van der Waals surface area contributed by atoms with Crippen LogP contribution in [0.25, 0.3) is 0 Å². The van der Waals surface area contributed by atoms with Crippen LogP contribution in [0.2, 0.25) is 0 Å². The third-order valence-electron chi connectivity index (χ3n) is 0.429. The molecule has 0 spiro atoms. The van der Waals surface area contributed by atoms with Gasteiger partial charge in [0, 0.05) is 7.11 Å². The van der Waals surface area contributed by atoms with Gasteiger partial charge in [0.25, 0.3) is 0 Å². The van der Waals surface area contributed by atoms with Gasteiger partial charge in [0.2, 0.25) is 0 Å². The van der Waals surface area contributed by atoms with Gasteiger partial charge in [-0.1, -0.05) is 0 Å². The molecular weight excluding hydrogens is 96.0 g/mol. The summed E-state index contributed by atoms with van der Waals surface area (Å²) in [5.74, 6) is 0. The summed E-state index contributed by atoms with van der Waals surface area (Å²) in [6.07, 6.45) is 0. The molecule has 0 fully saturated rings. The monoisotopic (exact) mass is 105 g/mol. The van der Waals surface area contributed by atoms with E-state index in [9.17, 15) is 5.11 Å². The van der Waals surface area contributed by atoms with Crippen molar-refractivity contribution in [2.45, 2.75) is 0 Å². The molecule has 0 aliphatic heterocycles. The SMILES string of the molecule is COCOCC[O]. The van der Waals surface area contributed by atoms with E-state index in [1.54, 1.807) is 0 Å². The van der Waals surface area contributed by atoms with Crippen LogP contribution in [0, 0.1) is 0 Å². The summed E-state index contributed by atoms with van der Waals surface area (Å²) in [5, 5.41) is 9.62. The molecule has 0 bridgehead atoms. The largest absolute Gasteiger partial charge is 0.359 e. The molecule has 0 saturated heterocycles. The Morgan fingerprint density at radius 3 is 2.71 bits per heavy atom. The van der Waals surface area contributed by atoms with Gasteiger partial charge < -0.3 is 9.47 Å². The maximum Gasteiger partial charge on any atom is 0.146 e. The first-order valence-electron chi connectivity index (χ1n) is 2.06. The first-order chi connectivity index (χ1) is 3.41. The van der Waals surface area contributed by atoms with E-state index in [2.05, 4.69) is 9.47 Å². The molecule has 0 aromatic heterocycles. The molecule has 0 aliphatic carbocycles. The summed E-state index contributed by atoms with van der Waals surface area (Å²) in [6.45, 7) is 0.277. The predicted octanol–water partition coefficient (Wildman–Crippen LogP) is 0.0374. The van der Waals surface area contributed by atoms with E-state index in [1.807, 2.05) is 0 Å². The minimum absolute atomic E-state index is 0.191. The lowest BCUT2D eigenvalue weighted by atomic mass is 10.8. The highest BCUT2D eigenvalue weighted by Crippen LogP contribution is 1.70. The number of hydrogen-bond donors (Lipinski definition) is 0. The molecule has 0 N–H and O–H groups in total. The third-order valence-corrected chi connectivity index (χ3v) is 0.429. The van der Waals surface area contributed by atoms with Crippen LogP contribution in [0.1, 0.15) is 0 Å². The van der Waals surface area contributed by atoms with Crippen LogP contribution >= 0.6 is 0 Å². The number of ether oxygens (including phenoxy) is 2.